The summed E-state index contributed by atoms with van der Waals surface area (Å²) in [5.74, 6) is -0.343. The van der Waals surface area contributed by atoms with Crippen molar-refractivity contribution < 1.29 is 4.39 Å². The van der Waals surface area contributed by atoms with E-state index < -0.39 is 0 Å². The molecule has 0 saturated carbocycles. The molecule has 0 fully saturated rings. The zero-order chi connectivity index (χ0) is 11.9. The summed E-state index contributed by atoms with van der Waals surface area (Å²) in [5, 5.41) is 3.33. The Morgan fingerprint density at radius 1 is 1.50 bits per heavy atom. The smallest absolute Gasteiger partial charge is 0.148 e. The lowest BCUT2D eigenvalue weighted by Crippen LogP contribution is -2.01. The lowest BCUT2D eigenvalue weighted by atomic mass is 10.1. The minimum absolute atomic E-state index is 0.343. The average molecular weight is 284 g/mol. The zero-order valence-electron chi connectivity index (χ0n) is 8.94. The first kappa shape index (κ1) is 11.1. The Labute approximate surface area is 101 Å². The number of nitrogens with zero attached hydrogens (tertiary/aromatic N) is 1. The summed E-state index contributed by atoms with van der Waals surface area (Å²) >= 11 is 3.18. The number of aromatic nitrogens is 1. The van der Waals surface area contributed by atoms with Crippen LogP contribution in [-0.2, 0) is 0 Å². The molecule has 16 heavy (non-hydrogen) atoms. The van der Waals surface area contributed by atoms with Gasteiger partial charge in [0.1, 0.15) is 5.82 Å². The van der Waals surface area contributed by atoms with Gasteiger partial charge in [0.15, 0.2) is 0 Å². The first-order valence-electron chi connectivity index (χ1n) is 4.76. The second-order valence-electron chi connectivity index (χ2n) is 3.55. The highest BCUT2D eigenvalue weighted by atomic mass is 79.9. The van der Waals surface area contributed by atoms with Crippen LogP contribution >= 0.6 is 15.9 Å². The molecular weight excluding hydrogens is 273 g/mol. The van der Waals surface area contributed by atoms with Crippen LogP contribution in [0.5, 0.6) is 0 Å². The van der Waals surface area contributed by atoms with Crippen molar-refractivity contribution in [2.24, 2.45) is 0 Å². The zero-order valence-corrected chi connectivity index (χ0v) is 10.5. The summed E-state index contributed by atoms with van der Waals surface area (Å²) in [7, 11) is 1.71. The minimum Gasteiger partial charge on any atom is -0.396 e. The van der Waals surface area contributed by atoms with E-state index in [1.54, 1.807) is 13.1 Å². The first-order chi connectivity index (χ1) is 7.56. The van der Waals surface area contributed by atoms with Gasteiger partial charge in [-0.3, -0.25) is 4.98 Å². The molecule has 3 N–H and O–H groups in total. The molecule has 2 aromatic rings. The fourth-order valence-corrected chi connectivity index (χ4v) is 2.29. The maximum atomic E-state index is 14.0. The third kappa shape index (κ3) is 1.51. The second-order valence-corrected chi connectivity index (χ2v) is 4.41. The van der Waals surface area contributed by atoms with Crippen molar-refractivity contribution in [3.8, 4) is 0 Å². The Morgan fingerprint density at radius 3 is 2.81 bits per heavy atom. The number of fused-ring (bicyclic) bond motifs is 1. The average Bonchev–Trinajstić information content (AvgIpc) is 2.25. The number of halogens is 2. The Kier molecular flexibility index (Phi) is 2.71. The Morgan fingerprint density at radius 2 is 2.19 bits per heavy atom. The maximum Gasteiger partial charge on any atom is 0.148 e. The van der Waals surface area contributed by atoms with Gasteiger partial charge in [-0.25, -0.2) is 4.39 Å². The van der Waals surface area contributed by atoms with Gasteiger partial charge in [0, 0.05) is 7.05 Å². The largest absolute Gasteiger partial charge is 0.396 e. The Balaban J connectivity index is 3.01. The molecule has 0 radical (unpaired) electrons. The monoisotopic (exact) mass is 283 g/mol. The number of nitrogens with one attached hydrogen (secondary N) is 1. The van der Waals surface area contributed by atoms with Crippen LogP contribution in [0.1, 0.15) is 5.56 Å². The lowest BCUT2D eigenvalue weighted by molar-refractivity contribution is 0.633. The van der Waals surface area contributed by atoms with Gasteiger partial charge in [-0.15, -0.1) is 0 Å². The van der Waals surface area contributed by atoms with Crippen molar-refractivity contribution >= 4 is 38.2 Å². The molecule has 0 spiro atoms. The Hall–Kier alpha value is -1.36. The van der Waals surface area contributed by atoms with Crippen molar-refractivity contribution in [3.05, 3.63) is 28.1 Å². The molecule has 3 nitrogen and oxygen atoms in total. The number of anilines is 2. The van der Waals surface area contributed by atoms with E-state index in [4.69, 9.17) is 5.73 Å². The number of aryl methyl sites for hydroxylation is 1. The summed E-state index contributed by atoms with van der Waals surface area (Å²) in [4.78, 5) is 4.16. The van der Waals surface area contributed by atoms with Crippen LogP contribution in [0.25, 0.3) is 10.9 Å². The number of rotatable bonds is 1. The van der Waals surface area contributed by atoms with Crippen LogP contribution in [0.15, 0.2) is 16.7 Å². The molecule has 5 heteroatoms. The molecule has 1 aromatic carbocycles. The highest BCUT2D eigenvalue weighted by Gasteiger charge is 2.14. The van der Waals surface area contributed by atoms with Crippen LogP contribution in [0.4, 0.5) is 15.8 Å². The number of nitrogens with two attached hydrogens (primary N) is 1. The molecule has 0 aliphatic heterocycles. The van der Waals surface area contributed by atoms with Crippen LogP contribution < -0.4 is 11.1 Å². The van der Waals surface area contributed by atoms with Gasteiger partial charge >= 0.3 is 0 Å². The predicted octanol–water partition coefficient (Wildman–Crippen LogP) is 3.07. The molecular formula is C11H11BrFN3. The third-order valence-electron chi connectivity index (χ3n) is 2.50. The van der Waals surface area contributed by atoms with Crippen LogP contribution in [0, 0.1) is 12.7 Å². The molecule has 0 unspecified atom stereocenters. The van der Waals surface area contributed by atoms with Crippen molar-refractivity contribution in [1.82, 2.24) is 4.98 Å². The van der Waals surface area contributed by atoms with Crippen LogP contribution in [0.3, 0.4) is 0 Å². The molecule has 0 aliphatic carbocycles. The summed E-state index contributed by atoms with van der Waals surface area (Å²) in [6.45, 7) is 1.88. The Bertz CT molecular complexity index is 569. The lowest BCUT2D eigenvalue weighted by Gasteiger charge is -2.12. The quantitative estimate of drug-likeness (QED) is 0.846. The first-order valence-corrected chi connectivity index (χ1v) is 5.56. The van der Waals surface area contributed by atoms with E-state index in [0.717, 1.165) is 5.56 Å². The van der Waals surface area contributed by atoms with E-state index in [1.807, 2.05) is 6.92 Å². The van der Waals surface area contributed by atoms with E-state index in [2.05, 4.69) is 26.2 Å². The maximum absolute atomic E-state index is 14.0. The van der Waals surface area contributed by atoms with Crippen LogP contribution in [0.2, 0.25) is 0 Å². The summed E-state index contributed by atoms with van der Waals surface area (Å²) < 4.78 is 14.4. The fourth-order valence-electron chi connectivity index (χ4n) is 1.75. The standard InChI is InChI=1S/C11H11BrFN3/c1-5-3-6(12)9(13)8-10(5)16-4-7(14)11(8)15-2/h3-4H,14H2,1-2H3,(H,15,16). The van der Waals surface area contributed by atoms with Gasteiger partial charge < -0.3 is 11.1 Å². The van der Waals surface area contributed by atoms with Gasteiger partial charge in [0.05, 0.1) is 32.9 Å². The highest BCUT2D eigenvalue weighted by molar-refractivity contribution is 9.10. The number of hydrogen-bond acceptors (Lipinski definition) is 3. The fraction of sp³-hybridized carbons (Fsp3) is 0.182. The number of pyridine rings is 1. The number of hydrogen-bond donors (Lipinski definition) is 2. The number of nitrogen functional groups attached to an aromatic ring is 1. The van der Waals surface area contributed by atoms with Gasteiger partial charge in [-0.1, -0.05) is 0 Å². The number of benzene rings is 1. The van der Waals surface area contributed by atoms with Crippen molar-refractivity contribution in [2.75, 3.05) is 18.1 Å². The van der Waals surface area contributed by atoms with E-state index in [0.29, 0.717) is 26.8 Å². The van der Waals surface area contributed by atoms with E-state index >= 15 is 0 Å². The third-order valence-corrected chi connectivity index (χ3v) is 3.08. The molecule has 1 aromatic heterocycles. The van der Waals surface area contributed by atoms with Gasteiger partial charge in [0.25, 0.3) is 0 Å². The minimum atomic E-state index is -0.343. The van der Waals surface area contributed by atoms with E-state index in [-0.39, 0.29) is 5.82 Å². The summed E-state index contributed by atoms with van der Waals surface area (Å²) in [6, 6.07) is 1.71. The molecule has 84 valence electrons. The van der Waals surface area contributed by atoms with E-state index in [9.17, 15) is 4.39 Å². The normalized spacial score (nSPS) is 10.8. The molecule has 0 saturated heterocycles. The second kappa shape index (κ2) is 3.90. The molecule has 2 rings (SSSR count). The van der Waals surface area contributed by atoms with E-state index in [1.165, 1.54) is 6.20 Å². The van der Waals surface area contributed by atoms with Crippen molar-refractivity contribution in [1.29, 1.82) is 0 Å². The molecule has 0 atom stereocenters. The molecule has 0 bridgehead atoms. The van der Waals surface area contributed by atoms with Crippen LogP contribution in [-0.4, -0.2) is 12.0 Å². The summed E-state index contributed by atoms with van der Waals surface area (Å²) in [5.41, 5.74) is 8.30. The summed E-state index contributed by atoms with van der Waals surface area (Å²) in [6.07, 6.45) is 1.54. The van der Waals surface area contributed by atoms with Gasteiger partial charge in [0.2, 0.25) is 0 Å². The molecule has 1 heterocycles. The molecule has 0 amide bonds. The highest BCUT2D eigenvalue weighted by Crippen LogP contribution is 2.34. The molecule has 0 aliphatic rings. The predicted molar refractivity (Wildman–Crippen MR) is 68.1 cm³/mol. The SMILES string of the molecule is CNc1c(N)cnc2c(C)cc(Br)c(F)c12. The van der Waals surface area contributed by atoms with Gasteiger partial charge in [-0.05, 0) is 34.5 Å². The van der Waals surface area contributed by atoms with Gasteiger partial charge in [-0.2, -0.15) is 0 Å². The topological polar surface area (TPSA) is 50.9 Å². The van der Waals surface area contributed by atoms with Crippen molar-refractivity contribution in [2.45, 2.75) is 6.92 Å². The van der Waals surface area contributed by atoms with Crippen molar-refractivity contribution in [3.63, 3.8) is 0 Å².